The second-order valence-electron chi connectivity index (χ2n) is 3.46. The smallest absolute Gasteiger partial charge is 0.222 e. The second kappa shape index (κ2) is 8.97. The normalized spacial score (nSPS) is 15.4. The Hall–Kier alpha value is -0.610. The number of carbonyl (C=O) groups is 1. The lowest BCUT2D eigenvalue weighted by molar-refractivity contribution is -0.126. The molecule has 0 bridgehead atoms. The van der Waals surface area contributed by atoms with E-state index in [0.717, 1.165) is 39.0 Å². The van der Waals surface area contributed by atoms with Crippen LogP contribution < -0.4 is 11.1 Å². The van der Waals surface area contributed by atoms with Gasteiger partial charge >= 0.3 is 0 Å². The summed E-state index contributed by atoms with van der Waals surface area (Å²) in [6, 6.07) is 0. The molecule has 4 heteroatoms. The van der Waals surface area contributed by atoms with Crippen molar-refractivity contribution in [2.75, 3.05) is 33.2 Å². The molecule has 4 nitrogen and oxygen atoms in total. The third-order valence-electron chi connectivity index (χ3n) is 2.06. The van der Waals surface area contributed by atoms with E-state index in [2.05, 4.69) is 12.2 Å². The molecule has 1 aliphatic rings. The van der Waals surface area contributed by atoms with Crippen molar-refractivity contribution in [2.45, 2.75) is 26.2 Å². The summed E-state index contributed by atoms with van der Waals surface area (Å²) >= 11 is 0. The predicted molar refractivity (Wildman–Crippen MR) is 59.1 cm³/mol. The number of amides is 1. The fourth-order valence-electron chi connectivity index (χ4n) is 1.19. The summed E-state index contributed by atoms with van der Waals surface area (Å²) in [5, 5.41) is 3.16. The van der Waals surface area contributed by atoms with Gasteiger partial charge in [0.2, 0.25) is 5.91 Å². The van der Waals surface area contributed by atoms with Gasteiger partial charge in [-0.3, -0.25) is 4.79 Å². The maximum Gasteiger partial charge on any atom is 0.222 e. The zero-order chi connectivity index (χ0) is 10.8. The first-order valence-electron chi connectivity index (χ1n) is 5.37. The molecule has 0 saturated carbocycles. The minimum Gasteiger partial charge on any atom is -0.346 e. The van der Waals surface area contributed by atoms with Crippen molar-refractivity contribution < 1.29 is 4.79 Å². The molecule has 1 rings (SSSR count). The lowest BCUT2D eigenvalue weighted by Crippen LogP contribution is -2.22. The molecular formula is C10H23N3O. The van der Waals surface area contributed by atoms with Gasteiger partial charge in [0.05, 0.1) is 0 Å². The van der Waals surface area contributed by atoms with Gasteiger partial charge < -0.3 is 16.0 Å². The van der Waals surface area contributed by atoms with E-state index < -0.39 is 0 Å². The van der Waals surface area contributed by atoms with Crippen LogP contribution in [-0.2, 0) is 4.79 Å². The molecule has 0 aromatic heterocycles. The molecule has 1 amide bonds. The summed E-state index contributed by atoms with van der Waals surface area (Å²) in [5.74, 6) is 0.292. The summed E-state index contributed by atoms with van der Waals surface area (Å²) in [4.78, 5) is 12.3. The first-order valence-corrected chi connectivity index (χ1v) is 5.37. The lowest BCUT2D eigenvalue weighted by atomic mass is 10.4. The largest absolute Gasteiger partial charge is 0.346 e. The van der Waals surface area contributed by atoms with Crippen molar-refractivity contribution in [1.82, 2.24) is 10.2 Å². The van der Waals surface area contributed by atoms with E-state index in [4.69, 9.17) is 5.73 Å². The average molecular weight is 201 g/mol. The maximum absolute atomic E-state index is 10.5. The molecule has 84 valence electrons. The van der Waals surface area contributed by atoms with Crippen LogP contribution in [0.15, 0.2) is 0 Å². The molecule has 14 heavy (non-hydrogen) atoms. The number of nitrogens with two attached hydrogens (primary N) is 1. The Labute approximate surface area is 86.8 Å². The van der Waals surface area contributed by atoms with Gasteiger partial charge in [0.25, 0.3) is 0 Å². The van der Waals surface area contributed by atoms with Crippen LogP contribution in [0.25, 0.3) is 0 Å². The number of hydrogen-bond acceptors (Lipinski definition) is 3. The fraction of sp³-hybridized carbons (Fsp3) is 0.900. The predicted octanol–water partition coefficient (Wildman–Crippen LogP) is 0.183. The molecule has 0 aliphatic carbocycles. The maximum atomic E-state index is 10.5. The number of hydrogen-bond donors (Lipinski definition) is 2. The van der Waals surface area contributed by atoms with Crippen molar-refractivity contribution in [3.05, 3.63) is 0 Å². The quantitative estimate of drug-likeness (QED) is 0.638. The summed E-state index contributed by atoms with van der Waals surface area (Å²) in [6.07, 6.45) is 3.01. The van der Waals surface area contributed by atoms with E-state index in [1.807, 2.05) is 7.05 Å². The minimum atomic E-state index is 0.292. The molecule has 0 aromatic rings. The molecule has 1 heterocycles. The van der Waals surface area contributed by atoms with Gasteiger partial charge in [0.15, 0.2) is 0 Å². The van der Waals surface area contributed by atoms with Gasteiger partial charge in [0, 0.05) is 33.1 Å². The molecular weight excluding hydrogens is 178 g/mol. The number of likely N-dealkylation sites (tertiary alicyclic amines) is 1. The minimum absolute atomic E-state index is 0.292. The van der Waals surface area contributed by atoms with Gasteiger partial charge in [-0.25, -0.2) is 0 Å². The molecule has 0 aromatic carbocycles. The third kappa shape index (κ3) is 6.86. The van der Waals surface area contributed by atoms with Gasteiger partial charge in [-0.1, -0.05) is 6.92 Å². The highest BCUT2D eigenvalue weighted by atomic mass is 16.2. The Morgan fingerprint density at radius 3 is 2.50 bits per heavy atom. The zero-order valence-electron chi connectivity index (χ0n) is 9.38. The summed E-state index contributed by atoms with van der Waals surface area (Å²) in [5.41, 5.74) is 5.21. The number of nitrogens with zero attached hydrogens (tertiary/aromatic N) is 1. The Morgan fingerprint density at radius 2 is 2.21 bits per heavy atom. The SMILES string of the molecule is CCCNCCN.CN1CCCC1=O. The highest BCUT2D eigenvalue weighted by Gasteiger charge is 2.14. The van der Waals surface area contributed by atoms with Crippen molar-refractivity contribution in [2.24, 2.45) is 5.73 Å². The van der Waals surface area contributed by atoms with Crippen LogP contribution in [-0.4, -0.2) is 44.0 Å². The zero-order valence-corrected chi connectivity index (χ0v) is 9.38. The van der Waals surface area contributed by atoms with E-state index >= 15 is 0 Å². The summed E-state index contributed by atoms with van der Waals surface area (Å²) in [7, 11) is 1.84. The van der Waals surface area contributed by atoms with Crippen LogP contribution in [0.4, 0.5) is 0 Å². The van der Waals surface area contributed by atoms with Crippen molar-refractivity contribution in [3.8, 4) is 0 Å². The highest BCUT2D eigenvalue weighted by Crippen LogP contribution is 2.04. The Kier molecular flexibility index (Phi) is 8.57. The fourth-order valence-corrected chi connectivity index (χ4v) is 1.19. The first kappa shape index (κ1) is 13.4. The molecule has 0 spiro atoms. The van der Waals surface area contributed by atoms with Crippen molar-refractivity contribution >= 4 is 5.91 Å². The van der Waals surface area contributed by atoms with Crippen molar-refractivity contribution in [3.63, 3.8) is 0 Å². The van der Waals surface area contributed by atoms with E-state index in [1.54, 1.807) is 4.90 Å². The second-order valence-corrected chi connectivity index (χ2v) is 3.46. The Balaban J connectivity index is 0.000000241. The van der Waals surface area contributed by atoms with E-state index in [-0.39, 0.29) is 0 Å². The van der Waals surface area contributed by atoms with Crippen LogP contribution in [0, 0.1) is 0 Å². The number of carbonyl (C=O) groups excluding carboxylic acids is 1. The monoisotopic (exact) mass is 201 g/mol. The topological polar surface area (TPSA) is 58.4 Å². The molecule has 1 saturated heterocycles. The van der Waals surface area contributed by atoms with Crippen molar-refractivity contribution in [1.29, 1.82) is 0 Å². The van der Waals surface area contributed by atoms with Crippen LogP contribution in [0.2, 0.25) is 0 Å². The molecule has 3 N–H and O–H groups in total. The molecule has 1 fully saturated rings. The summed E-state index contributed by atoms with van der Waals surface area (Å²) in [6.45, 7) is 5.90. The highest BCUT2D eigenvalue weighted by molar-refractivity contribution is 5.77. The van der Waals surface area contributed by atoms with Crippen LogP contribution in [0.3, 0.4) is 0 Å². The molecule has 0 atom stereocenters. The average Bonchev–Trinajstić information content (AvgIpc) is 2.53. The van der Waals surface area contributed by atoms with Gasteiger partial charge in [-0.15, -0.1) is 0 Å². The van der Waals surface area contributed by atoms with Crippen LogP contribution in [0.5, 0.6) is 0 Å². The first-order chi connectivity index (χ1) is 6.72. The molecule has 1 aliphatic heterocycles. The molecule has 0 unspecified atom stereocenters. The van der Waals surface area contributed by atoms with E-state index in [0.29, 0.717) is 5.91 Å². The molecule has 0 radical (unpaired) electrons. The van der Waals surface area contributed by atoms with E-state index in [1.165, 1.54) is 6.42 Å². The Bertz CT molecular complexity index is 146. The van der Waals surface area contributed by atoms with Crippen LogP contribution in [0.1, 0.15) is 26.2 Å². The summed E-state index contributed by atoms with van der Waals surface area (Å²) < 4.78 is 0. The van der Waals surface area contributed by atoms with Gasteiger partial charge in [-0.05, 0) is 19.4 Å². The van der Waals surface area contributed by atoms with Gasteiger partial charge in [-0.2, -0.15) is 0 Å². The van der Waals surface area contributed by atoms with Crippen LogP contribution >= 0.6 is 0 Å². The lowest BCUT2D eigenvalue weighted by Gasteiger charge is -2.03. The third-order valence-corrected chi connectivity index (χ3v) is 2.06. The number of rotatable bonds is 4. The van der Waals surface area contributed by atoms with E-state index in [9.17, 15) is 4.79 Å². The van der Waals surface area contributed by atoms with Gasteiger partial charge in [0.1, 0.15) is 0 Å². The Morgan fingerprint density at radius 1 is 1.50 bits per heavy atom. The number of nitrogens with one attached hydrogen (secondary N) is 1. The standard InChI is InChI=1S/C5H14N2.C5H9NO/c1-2-4-7-5-3-6;1-6-4-2-3-5(6)7/h7H,2-6H2,1H3;2-4H2,1H3.